The molecule has 2 rings (SSSR count). The molecule has 9 heavy (non-hydrogen) atoms. The Morgan fingerprint density at radius 2 is 1.67 bits per heavy atom. The highest BCUT2D eigenvalue weighted by Crippen LogP contribution is 2.39. The predicted molar refractivity (Wildman–Crippen MR) is 38.6 cm³/mol. The molecule has 1 saturated carbocycles. The number of nitrogens with one attached hydrogen (secondary N) is 1. The standard InChI is InChI=1S/C7H12BN/c8-7-1-5-3-9-4-6(5)2-7/h5-7,9H,1-4H2/t5-,6+,7?. The van der Waals surface area contributed by atoms with Gasteiger partial charge in [0, 0.05) is 0 Å². The third-order valence-electron chi connectivity index (χ3n) is 2.69. The minimum absolute atomic E-state index is 0.516. The SMILES string of the molecule is [B]C1C[C@H]2CNC[C@H]2C1. The monoisotopic (exact) mass is 121 g/mol. The first-order valence-electron chi connectivity index (χ1n) is 3.82. The lowest BCUT2D eigenvalue weighted by atomic mass is 9.85. The van der Waals surface area contributed by atoms with E-state index in [1.165, 1.54) is 25.9 Å². The maximum absolute atomic E-state index is 5.80. The maximum atomic E-state index is 5.80. The minimum atomic E-state index is 0.516. The van der Waals surface area contributed by atoms with Crippen LogP contribution in [0.3, 0.4) is 0 Å². The van der Waals surface area contributed by atoms with Gasteiger partial charge in [0.25, 0.3) is 0 Å². The molecule has 0 amide bonds. The summed E-state index contributed by atoms with van der Waals surface area (Å²) in [6.07, 6.45) is 2.52. The highest BCUT2D eigenvalue weighted by Gasteiger charge is 2.34. The molecule has 1 saturated heterocycles. The first-order valence-corrected chi connectivity index (χ1v) is 3.82. The molecule has 2 radical (unpaired) electrons. The Hall–Kier alpha value is 0.0249. The third kappa shape index (κ3) is 0.897. The molecule has 1 heterocycles. The fourth-order valence-electron chi connectivity index (χ4n) is 2.21. The molecule has 0 aromatic rings. The average molecular weight is 121 g/mol. The van der Waals surface area contributed by atoms with E-state index < -0.39 is 0 Å². The Morgan fingerprint density at radius 1 is 1.11 bits per heavy atom. The van der Waals surface area contributed by atoms with Crippen LogP contribution in [-0.4, -0.2) is 20.9 Å². The zero-order valence-electron chi connectivity index (χ0n) is 5.64. The summed E-state index contributed by atoms with van der Waals surface area (Å²) < 4.78 is 0. The molecular formula is C7H12BN. The van der Waals surface area contributed by atoms with Gasteiger partial charge in [-0.2, -0.15) is 0 Å². The van der Waals surface area contributed by atoms with Gasteiger partial charge in [0.2, 0.25) is 0 Å². The van der Waals surface area contributed by atoms with Crippen molar-refractivity contribution < 1.29 is 0 Å². The van der Waals surface area contributed by atoms with E-state index in [9.17, 15) is 0 Å². The summed E-state index contributed by atoms with van der Waals surface area (Å²) in [4.78, 5) is 0. The largest absolute Gasteiger partial charge is 0.316 e. The van der Waals surface area contributed by atoms with Crippen LogP contribution in [0.1, 0.15) is 12.8 Å². The molecule has 0 spiro atoms. The van der Waals surface area contributed by atoms with Crippen molar-refractivity contribution in [3.05, 3.63) is 0 Å². The van der Waals surface area contributed by atoms with Gasteiger partial charge in [0.05, 0.1) is 7.85 Å². The Balaban J connectivity index is 2.02. The van der Waals surface area contributed by atoms with Crippen LogP contribution in [0.25, 0.3) is 0 Å². The molecule has 2 aliphatic rings. The molecule has 1 aliphatic carbocycles. The summed E-state index contributed by atoms with van der Waals surface area (Å²) >= 11 is 0. The van der Waals surface area contributed by atoms with E-state index in [1.807, 2.05) is 0 Å². The lowest BCUT2D eigenvalue weighted by Crippen LogP contribution is -2.10. The van der Waals surface area contributed by atoms with Crippen LogP contribution in [0, 0.1) is 11.8 Å². The lowest BCUT2D eigenvalue weighted by molar-refractivity contribution is 0.494. The van der Waals surface area contributed by atoms with Crippen LogP contribution in [-0.2, 0) is 0 Å². The van der Waals surface area contributed by atoms with Gasteiger partial charge in [-0.25, -0.2) is 0 Å². The summed E-state index contributed by atoms with van der Waals surface area (Å²) in [6.45, 7) is 2.44. The van der Waals surface area contributed by atoms with Crippen molar-refractivity contribution in [3.63, 3.8) is 0 Å². The number of fused-ring (bicyclic) bond motifs is 1. The topological polar surface area (TPSA) is 12.0 Å². The van der Waals surface area contributed by atoms with Crippen LogP contribution >= 0.6 is 0 Å². The number of hydrogen-bond acceptors (Lipinski definition) is 1. The van der Waals surface area contributed by atoms with Crippen LogP contribution in [0.5, 0.6) is 0 Å². The van der Waals surface area contributed by atoms with E-state index in [-0.39, 0.29) is 0 Å². The average Bonchev–Trinajstić information content (AvgIpc) is 2.22. The number of hydrogen-bond donors (Lipinski definition) is 1. The zero-order chi connectivity index (χ0) is 6.27. The first kappa shape index (κ1) is 5.78. The third-order valence-corrected chi connectivity index (χ3v) is 2.69. The summed E-state index contributed by atoms with van der Waals surface area (Å²) in [5.41, 5.74) is 0. The van der Waals surface area contributed by atoms with Gasteiger partial charge in [-0.3, -0.25) is 0 Å². The van der Waals surface area contributed by atoms with Crippen LogP contribution in [0.2, 0.25) is 5.82 Å². The molecule has 1 N–H and O–H groups in total. The van der Waals surface area contributed by atoms with Gasteiger partial charge in [-0.15, -0.1) is 0 Å². The molecular weight excluding hydrogens is 109 g/mol. The van der Waals surface area contributed by atoms with Crippen LogP contribution in [0.15, 0.2) is 0 Å². The Labute approximate surface area is 57.6 Å². The first-order chi connectivity index (χ1) is 4.36. The molecule has 2 heteroatoms. The van der Waals surface area contributed by atoms with Crippen molar-refractivity contribution in [2.24, 2.45) is 11.8 Å². The van der Waals surface area contributed by atoms with Gasteiger partial charge in [-0.1, -0.05) is 18.7 Å². The molecule has 3 atom stereocenters. The van der Waals surface area contributed by atoms with E-state index in [4.69, 9.17) is 7.85 Å². The Kier molecular flexibility index (Phi) is 1.29. The van der Waals surface area contributed by atoms with Gasteiger partial charge >= 0.3 is 0 Å². The van der Waals surface area contributed by atoms with Crippen molar-refractivity contribution in [2.75, 3.05) is 13.1 Å². The van der Waals surface area contributed by atoms with Gasteiger partial charge in [0.15, 0.2) is 0 Å². The molecule has 1 unspecified atom stereocenters. The summed E-state index contributed by atoms with van der Waals surface area (Å²) in [5, 5.41) is 3.39. The highest BCUT2D eigenvalue weighted by molar-refractivity contribution is 6.11. The molecule has 2 fully saturated rings. The Morgan fingerprint density at radius 3 is 2.22 bits per heavy atom. The fourth-order valence-corrected chi connectivity index (χ4v) is 2.21. The van der Waals surface area contributed by atoms with E-state index in [2.05, 4.69) is 5.32 Å². The molecule has 1 aliphatic heterocycles. The van der Waals surface area contributed by atoms with Crippen molar-refractivity contribution >= 4 is 7.85 Å². The van der Waals surface area contributed by atoms with Crippen molar-refractivity contribution in [1.29, 1.82) is 0 Å². The van der Waals surface area contributed by atoms with Gasteiger partial charge < -0.3 is 5.32 Å². The summed E-state index contributed by atoms with van der Waals surface area (Å²) in [5.74, 6) is 2.35. The minimum Gasteiger partial charge on any atom is -0.316 e. The van der Waals surface area contributed by atoms with Crippen molar-refractivity contribution in [2.45, 2.75) is 18.7 Å². The summed E-state index contributed by atoms with van der Waals surface area (Å²) in [7, 11) is 5.80. The van der Waals surface area contributed by atoms with Crippen LogP contribution < -0.4 is 5.32 Å². The second-order valence-electron chi connectivity index (χ2n) is 3.41. The molecule has 1 nitrogen and oxygen atoms in total. The smallest absolute Gasteiger partial charge is 0.0699 e. The molecule has 0 aromatic heterocycles. The normalized spacial score (nSPS) is 49.6. The van der Waals surface area contributed by atoms with E-state index in [1.54, 1.807) is 0 Å². The van der Waals surface area contributed by atoms with Gasteiger partial charge in [-0.05, 0) is 24.9 Å². The second-order valence-corrected chi connectivity index (χ2v) is 3.41. The fraction of sp³-hybridized carbons (Fsp3) is 1.00. The molecule has 48 valence electrons. The summed E-state index contributed by atoms with van der Waals surface area (Å²) in [6, 6.07) is 0. The highest BCUT2D eigenvalue weighted by atomic mass is 14.9. The second kappa shape index (κ2) is 2.01. The van der Waals surface area contributed by atoms with E-state index >= 15 is 0 Å². The number of rotatable bonds is 0. The van der Waals surface area contributed by atoms with E-state index in [0.717, 1.165) is 11.8 Å². The Bertz CT molecular complexity index is 103. The zero-order valence-corrected chi connectivity index (χ0v) is 5.64. The van der Waals surface area contributed by atoms with Gasteiger partial charge in [0.1, 0.15) is 0 Å². The maximum Gasteiger partial charge on any atom is 0.0699 e. The molecule has 0 bridgehead atoms. The quantitative estimate of drug-likeness (QED) is 0.462. The predicted octanol–water partition coefficient (Wildman–Crippen LogP) is 0.573. The van der Waals surface area contributed by atoms with Crippen LogP contribution in [0.4, 0.5) is 0 Å². The van der Waals surface area contributed by atoms with Crippen molar-refractivity contribution in [1.82, 2.24) is 5.32 Å². The molecule has 0 aromatic carbocycles. The lowest BCUT2D eigenvalue weighted by Gasteiger charge is -2.03. The van der Waals surface area contributed by atoms with Crippen molar-refractivity contribution in [3.8, 4) is 0 Å². The van der Waals surface area contributed by atoms with E-state index in [0.29, 0.717) is 5.82 Å².